The predicted octanol–water partition coefficient (Wildman–Crippen LogP) is 4.75. The quantitative estimate of drug-likeness (QED) is 0.323. The minimum atomic E-state index is 0. The topological polar surface area (TPSA) is 20.2 Å². The molecule has 0 bridgehead atoms. The first kappa shape index (κ1) is 17.1. The van der Waals surface area contributed by atoms with Crippen molar-refractivity contribution in [3.8, 4) is 5.75 Å². The van der Waals surface area contributed by atoms with Gasteiger partial charge in [0, 0.05) is 43.5 Å². The average Bonchev–Trinajstić information content (AvgIpc) is 2.85. The van der Waals surface area contributed by atoms with Gasteiger partial charge < -0.3 is 5.11 Å². The predicted molar refractivity (Wildman–Crippen MR) is 75.8 cm³/mol. The molecule has 0 heterocycles. The molecule has 1 fully saturated rings. The average molecular weight is 408 g/mol. The Hall–Kier alpha value is 0.0197. The fraction of sp³-hybridized carbons (Fsp3) is 0.529. The molecule has 1 nitrogen and oxygen atoms in total. The first-order valence-corrected chi connectivity index (χ1v) is 7.15. The smallest absolute Gasteiger partial charge is 0.00351 e. The van der Waals surface area contributed by atoms with Crippen molar-refractivity contribution in [1.82, 2.24) is 0 Å². The van der Waals surface area contributed by atoms with Gasteiger partial charge in [-0.05, 0) is 11.8 Å². The SMILES string of the molecule is CCCC/C=C/C1(c2c[c-]cc(O)c2)CCCC1.[Ho]. The van der Waals surface area contributed by atoms with Crippen LogP contribution in [0.2, 0.25) is 0 Å². The Kier molecular flexibility index (Phi) is 7.49. The van der Waals surface area contributed by atoms with E-state index in [1.54, 1.807) is 6.07 Å². The number of aromatic hydroxyl groups is 1. The van der Waals surface area contributed by atoms with E-state index >= 15 is 0 Å². The molecule has 1 aromatic rings. The number of phenols is 1. The van der Waals surface area contributed by atoms with E-state index in [1.807, 2.05) is 12.1 Å². The number of allylic oxidation sites excluding steroid dienone is 2. The summed E-state index contributed by atoms with van der Waals surface area (Å²) >= 11 is 0. The van der Waals surface area contributed by atoms with Crippen LogP contribution in [0.1, 0.15) is 57.4 Å². The van der Waals surface area contributed by atoms with E-state index in [9.17, 15) is 5.11 Å². The van der Waals surface area contributed by atoms with Crippen LogP contribution in [0.4, 0.5) is 0 Å². The number of phenolic OH excluding ortho intramolecular Hbond substituents is 1. The molecule has 1 radical (unpaired) electrons. The van der Waals surface area contributed by atoms with Crippen molar-refractivity contribution < 1.29 is 42.8 Å². The third-order valence-corrected chi connectivity index (χ3v) is 4.01. The van der Waals surface area contributed by atoms with Crippen LogP contribution in [0, 0.1) is 43.8 Å². The maximum Gasteiger partial charge on any atom is 0.00351 e. The Balaban J connectivity index is 0.00000180. The Morgan fingerprint density at radius 3 is 2.68 bits per heavy atom. The van der Waals surface area contributed by atoms with Gasteiger partial charge >= 0.3 is 0 Å². The van der Waals surface area contributed by atoms with Gasteiger partial charge in [-0.3, -0.25) is 0 Å². The molecule has 1 aliphatic rings. The second-order valence-corrected chi connectivity index (χ2v) is 5.39. The van der Waals surface area contributed by atoms with Crippen LogP contribution < -0.4 is 0 Å². The largest absolute Gasteiger partial charge is 0.566 e. The van der Waals surface area contributed by atoms with Crippen molar-refractivity contribution in [2.45, 2.75) is 57.3 Å². The zero-order chi connectivity index (χ0) is 12.8. The molecular formula is C17H23HoO-. The normalized spacial score (nSPS) is 17.5. The van der Waals surface area contributed by atoms with Crippen LogP contribution in [0.15, 0.2) is 30.4 Å². The molecule has 0 aromatic heterocycles. The molecule has 0 unspecified atom stereocenters. The summed E-state index contributed by atoms with van der Waals surface area (Å²) < 4.78 is 0. The van der Waals surface area contributed by atoms with Gasteiger partial charge in [0.05, 0.1) is 0 Å². The first-order chi connectivity index (χ1) is 8.77. The number of hydrogen-bond acceptors (Lipinski definition) is 1. The Morgan fingerprint density at radius 2 is 2.05 bits per heavy atom. The minimum absolute atomic E-state index is 0. The van der Waals surface area contributed by atoms with Gasteiger partial charge in [-0.15, -0.1) is 17.7 Å². The van der Waals surface area contributed by atoms with E-state index in [0.717, 1.165) is 0 Å². The second kappa shape index (κ2) is 8.34. The Morgan fingerprint density at radius 1 is 1.32 bits per heavy atom. The van der Waals surface area contributed by atoms with Crippen molar-refractivity contribution >= 4 is 0 Å². The number of unbranched alkanes of at least 4 members (excludes halogenated alkanes) is 2. The van der Waals surface area contributed by atoms with Gasteiger partial charge in [-0.1, -0.05) is 57.6 Å². The van der Waals surface area contributed by atoms with Crippen molar-refractivity contribution in [1.29, 1.82) is 0 Å². The molecule has 0 atom stereocenters. The monoisotopic (exact) mass is 408 g/mol. The van der Waals surface area contributed by atoms with E-state index in [0.29, 0.717) is 5.75 Å². The molecule has 0 saturated heterocycles. The number of benzene rings is 1. The third kappa shape index (κ3) is 4.51. The Labute approximate surface area is 147 Å². The zero-order valence-electron chi connectivity index (χ0n) is 11.6. The first-order valence-electron chi connectivity index (χ1n) is 7.15. The summed E-state index contributed by atoms with van der Waals surface area (Å²) in [4.78, 5) is 0. The van der Waals surface area contributed by atoms with Crippen molar-refractivity contribution in [2.75, 3.05) is 0 Å². The fourth-order valence-corrected chi connectivity index (χ4v) is 2.94. The fourth-order valence-electron chi connectivity index (χ4n) is 2.94. The molecule has 19 heavy (non-hydrogen) atoms. The maximum atomic E-state index is 9.64. The van der Waals surface area contributed by atoms with E-state index < -0.39 is 0 Å². The molecule has 1 aromatic carbocycles. The van der Waals surface area contributed by atoms with Gasteiger partial charge in [-0.2, -0.15) is 12.1 Å². The van der Waals surface area contributed by atoms with Crippen LogP contribution >= 0.6 is 0 Å². The van der Waals surface area contributed by atoms with Crippen LogP contribution in [0.3, 0.4) is 0 Å². The van der Waals surface area contributed by atoms with E-state index in [2.05, 4.69) is 25.1 Å². The molecule has 2 heteroatoms. The zero-order valence-corrected chi connectivity index (χ0v) is 13.5. The van der Waals surface area contributed by atoms with Crippen molar-refractivity contribution in [2.24, 2.45) is 0 Å². The molecular weight excluding hydrogens is 385 g/mol. The van der Waals surface area contributed by atoms with Gasteiger partial charge in [0.15, 0.2) is 0 Å². The molecule has 2 rings (SSSR count). The molecule has 0 aliphatic heterocycles. The summed E-state index contributed by atoms with van der Waals surface area (Å²) in [5.41, 5.74) is 1.39. The van der Waals surface area contributed by atoms with Crippen molar-refractivity contribution in [3.63, 3.8) is 0 Å². The summed E-state index contributed by atoms with van der Waals surface area (Å²) in [6.45, 7) is 2.23. The van der Waals surface area contributed by atoms with Crippen LogP contribution in [-0.4, -0.2) is 5.11 Å². The number of rotatable bonds is 5. The van der Waals surface area contributed by atoms with E-state index in [1.165, 1.54) is 50.5 Å². The molecule has 0 amide bonds. The summed E-state index contributed by atoms with van der Waals surface area (Å²) in [5.74, 6) is 0.334. The summed E-state index contributed by atoms with van der Waals surface area (Å²) in [6.07, 6.45) is 13.4. The molecule has 1 saturated carbocycles. The van der Waals surface area contributed by atoms with E-state index in [4.69, 9.17) is 0 Å². The van der Waals surface area contributed by atoms with Gasteiger partial charge in [-0.25, -0.2) is 0 Å². The van der Waals surface area contributed by atoms with Gasteiger partial charge in [0.1, 0.15) is 0 Å². The standard InChI is InChI=1S/C17H23O.Ho/c1-2-3-4-5-11-17(12-6-7-13-17)15-9-8-10-16(18)14-15;/h5,9-11,14,18H,2-4,6-7,12-13H2,1H3;/q-1;/b11-5+;. The molecule has 109 valence electrons. The van der Waals surface area contributed by atoms with Crippen molar-refractivity contribution in [3.05, 3.63) is 42.0 Å². The van der Waals surface area contributed by atoms with E-state index in [-0.39, 0.29) is 43.2 Å². The van der Waals surface area contributed by atoms with Crippen LogP contribution in [0.25, 0.3) is 0 Å². The molecule has 1 aliphatic carbocycles. The van der Waals surface area contributed by atoms with Crippen LogP contribution in [-0.2, 0) is 5.41 Å². The van der Waals surface area contributed by atoms with Crippen LogP contribution in [0.5, 0.6) is 5.75 Å². The molecule has 0 spiro atoms. The molecule has 1 N–H and O–H groups in total. The van der Waals surface area contributed by atoms with Gasteiger partial charge in [0.25, 0.3) is 0 Å². The minimum Gasteiger partial charge on any atom is -0.566 e. The summed E-state index contributed by atoms with van der Waals surface area (Å²) in [7, 11) is 0. The summed E-state index contributed by atoms with van der Waals surface area (Å²) in [5, 5.41) is 9.64. The van der Waals surface area contributed by atoms with Gasteiger partial charge in [0.2, 0.25) is 0 Å². The Bertz CT molecular complexity index is 405. The second-order valence-electron chi connectivity index (χ2n) is 5.39. The third-order valence-electron chi connectivity index (χ3n) is 4.01. The maximum absolute atomic E-state index is 9.64. The number of hydrogen-bond donors (Lipinski definition) is 1. The summed E-state index contributed by atoms with van der Waals surface area (Å²) in [6, 6.07) is 8.63.